The van der Waals surface area contributed by atoms with Crippen LogP contribution in [0.3, 0.4) is 0 Å². The SMILES string of the molecule is O=C(c1ccc(C(=O)C2CCOS2(=O)=O)cc1)C(CCO)S(=O)O. The zero-order chi connectivity index (χ0) is 17.9. The molecule has 1 heterocycles. The van der Waals surface area contributed by atoms with E-state index in [0.717, 1.165) is 0 Å². The predicted octanol–water partition coefficient (Wildman–Crippen LogP) is 0.143. The van der Waals surface area contributed by atoms with Crippen LogP contribution in [0.4, 0.5) is 0 Å². The summed E-state index contributed by atoms with van der Waals surface area (Å²) in [6.45, 7) is -0.459. The Balaban J connectivity index is 2.20. The van der Waals surface area contributed by atoms with E-state index in [2.05, 4.69) is 4.18 Å². The Morgan fingerprint density at radius 2 is 1.83 bits per heavy atom. The van der Waals surface area contributed by atoms with Crippen LogP contribution in [-0.2, 0) is 25.4 Å². The third-order valence-corrected chi connectivity index (χ3v) is 6.23. The highest BCUT2D eigenvalue weighted by Gasteiger charge is 2.39. The number of carbonyl (C=O) groups is 2. The van der Waals surface area contributed by atoms with Gasteiger partial charge in [0.25, 0.3) is 10.1 Å². The summed E-state index contributed by atoms with van der Waals surface area (Å²) >= 11 is -2.43. The molecular formula is C14H16O8S2. The van der Waals surface area contributed by atoms with Crippen molar-refractivity contribution in [2.45, 2.75) is 23.3 Å². The molecule has 1 aromatic carbocycles. The quantitative estimate of drug-likeness (QED) is 0.390. The highest BCUT2D eigenvalue weighted by molar-refractivity contribution is 7.88. The highest BCUT2D eigenvalue weighted by atomic mass is 32.2. The first-order valence-electron chi connectivity index (χ1n) is 7.05. The van der Waals surface area contributed by atoms with E-state index in [1.54, 1.807) is 0 Å². The summed E-state index contributed by atoms with van der Waals surface area (Å²) in [6, 6.07) is 5.16. The van der Waals surface area contributed by atoms with E-state index in [-0.39, 0.29) is 30.6 Å². The Bertz CT molecular complexity index is 753. The third kappa shape index (κ3) is 3.95. The maximum atomic E-state index is 12.2. The van der Waals surface area contributed by atoms with Gasteiger partial charge < -0.3 is 9.66 Å². The molecule has 3 atom stereocenters. The van der Waals surface area contributed by atoms with E-state index in [0.29, 0.717) is 0 Å². The van der Waals surface area contributed by atoms with Gasteiger partial charge in [-0.1, -0.05) is 24.3 Å². The summed E-state index contributed by atoms with van der Waals surface area (Å²) in [6.07, 6.45) is -0.0931. The monoisotopic (exact) mass is 376 g/mol. The lowest BCUT2D eigenvalue weighted by Gasteiger charge is -2.11. The maximum Gasteiger partial charge on any atom is 0.277 e. The minimum atomic E-state index is -3.91. The Labute approximate surface area is 141 Å². The zero-order valence-electron chi connectivity index (χ0n) is 12.5. The number of hydrogen-bond donors (Lipinski definition) is 2. The molecule has 1 saturated heterocycles. The molecule has 24 heavy (non-hydrogen) atoms. The second-order valence-electron chi connectivity index (χ2n) is 5.18. The van der Waals surface area contributed by atoms with Crippen LogP contribution in [0.5, 0.6) is 0 Å². The van der Waals surface area contributed by atoms with Crippen molar-refractivity contribution in [1.29, 1.82) is 0 Å². The van der Waals surface area contributed by atoms with Crippen molar-refractivity contribution < 1.29 is 36.1 Å². The highest BCUT2D eigenvalue weighted by Crippen LogP contribution is 2.22. The van der Waals surface area contributed by atoms with Crippen LogP contribution in [0.1, 0.15) is 33.6 Å². The van der Waals surface area contributed by atoms with Crippen LogP contribution in [0.2, 0.25) is 0 Å². The normalized spacial score (nSPS) is 22.0. The fourth-order valence-electron chi connectivity index (χ4n) is 2.37. The number of aliphatic hydroxyl groups is 1. The second kappa shape index (κ2) is 7.62. The van der Waals surface area contributed by atoms with Gasteiger partial charge in [-0.2, -0.15) is 8.42 Å². The molecule has 1 aromatic rings. The molecule has 0 spiro atoms. The molecule has 2 rings (SSSR count). The number of carbonyl (C=O) groups excluding carboxylic acids is 2. The van der Waals surface area contributed by atoms with Gasteiger partial charge >= 0.3 is 0 Å². The van der Waals surface area contributed by atoms with Gasteiger partial charge in [0.05, 0.1) is 6.61 Å². The second-order valence-corrected chi connectivity index (χ2v) is 8.09. The summed E-state index contributed by atoms with van der Waals surface area (Å²) < 4.78 is 48.1. The van der Waals surface area contributed by atoms with Crippen LogP contribution in [0.25, 0.3) is 0 Å². The minimum absolute atomic E-state index is 0.0412. The average molecular weight is 376 g/mol. The van der Waals surface area contributed by atoms with E-state index >= 15 is 0 Å². The molecule has 1 aliphatic rings. The van der Waals surface area contributed by atoms with Gasteiger partial charge in [-0.15, -0.1) is 0 Å². The van der Waals surface area contributed by atoms with Crippen molar-refractivity contribution in [2.24, 2.45) is 0 Å². The number of ketones is 2. The molecular weight excluding hydrogens is 360 g/mol. The molecule has 8 nitrogen and oxygen atoms in total. The van der Waals surface area contributed by atoms with Gasteiger partial charge in [-0.3, -0.25) is 13.8 Å². The molecule has 1 fully saturated rings. The lowest BCUT2D eigenvalue weighted by atomic mass is 10.0. The fourth-order valence-corrected chi connectivity index (χ4v) is 4.27. The number of hydrogen-bond acceptors (Lipinski definition) is 7. The van der Waals surface area contributed by atoms with Gasteiger partial charge in [-0.05, 0) is 12.8 Å². The predicted molar refractivity (Wildman–Crippen MR) is 84.6 cm³/mol. The molecule has 0 aromatic heterocycles. The molecule has 0 bridgehead atoms. The van der Waals surface area contributed by atoms with Crippen LogP contribution in [0, 0.1) is 0 Å². The summed E-state index contributed by atoms with van der Waals surface area (Å²) in [5.41, 5.74) is 0.201. The first-order valence-corrected chi connectivity index (χ1v) is 9.69. The van der Waals surface area contributed by atoms with Gasteiger partial charge in [0.2, 0.25) is 0 Å². The standard InChI is InChI=1S/C14H16O8S2/c15-7-5-11(23(18)19)13(16)9-1-3-10(4-2-9)14(17)12-6-8-22-24(12,20)21/h1-4,11-12,15H,5-8H2,(H,18,19). The number of benzene rings is 1. The topological polar surface area (TPSA) is 135 Å². The van der Waals surface area contributed by atoms with Crippen molar-refractivity contribution in [2.75, 3.05) is 13.2 Å². The molecule has 3 unspecified atom stereocenters. The van der Waals surface area contributed by atoms with Gasteiger partial charge in [-0.25, -0.2) is 4.21 Å². The van der Waals surface area contributed by atoms with Crippen LogP contribution in [0.15, 0.2) is 24.3 Å². The molecule has 10 heteroatoms. The zero-order valence-corrected chi connectivity index (χ0v) is 14.1. The first-order chi connectivity index (χ1) is 11.3. The van der Waals surface area contributed by atoms with Crippen LogP contribution >= 0.6 is 0 Å². The average Bonchev–Trinajstić information content (AvgIpc) is 2.90. The van der Waals surface area contributed by atoms with Crippen molar-refractivity contribution in [1.82, 2.24) is 0 Å². The minimum Gasteiger partial charge on any atom is -0.396 e. The van der Waals surface area contributed by atoms with E-state index < -0.39 is 49.9 Å². The summed E-state index contributed by atoms with van der Waals surface area (Å²) in [5.74, 6) is -1.26. The Kier molecular flexibility index (Phi) is 5.99. The lowest BCUT2D eigenvalue weighted by molar-refractivity contribution is 0.0968. The maximum absolute atomic E-state index is 12.2. The Morgan fingerprint density at radius 3 is 2.29 bits per heavy atom. The van der Waals surface area contributed by atoms with E-state index in [1.807, 2.05) is 0 Å². The molecule has 132 valence electrons. The molecule has 0 radical (unpaired) electrons. The van der Waals surface area contributed by atoms with Crippen molar-refractivity contribution >= 4 is 32.8 Å². The van der Waals surface area contributed by atoms with Gasteiger partial charge in [0, 0.05) is 17.7 Å². The summed E-state index contributed by atoms with van der Waals surface area (Å²) in [7, 11) is -3.91. The van der Waals surface area contributed by atoms with Crippen LogP contribution in [-0.4, -0.2) is 57.6 Å². The summed E-state index contributed by atoms with van der Waals surface area (Å²) in [4.78, 5) is 24.4. The molecule has 2 N–H and O–H groups in total. The lowest BCUT2D eigenvalue weighted by Crippen LogP contribution is -2.27. The van der Waals surface area contributed by atoms with Crippen LogP contribution < -0.4 is 0 Å². The fraction of sp³-hybridized carbons (Fsp3) is 0.429. The van der Waals surface area contributed by atoms with Crippen molar-refractivity contribution in [3.8, 4) is 0 Å². The molecule has 0 saturated carbocycles. The smallest absolute Gasteiger partial charge is 0.277 e. The number of rotatable bonds is 7. The van der Waals surface area contributed by atoms with Crippen molar-refractivity contribution in [3.63, 3.8) is 0 Å². The van der Waals surface area contributed by atoms with Crippen molar-refractivity contribution in [3.05, 3.63) is 35.4 Å². The molecule has 0 amide bonds. The largest absolute Gasteiger partial charge is 0.396 e. The first kappa shape index (κ1) is 18.9. The third-order valence-electron chi connectivity index (χ3n) is 3.65. The van der Waals surface area contributed by atoms with E-state index in [4.69, 9.17) is 9.66 Å². The van der Waals surface area contributed by atoms with E-state index in [9.17, 15) is 22.2 Å². The Morgan fingerprint density at radius 1 is 1.25 bits per heavy atom. The van der Waals surface area contributed by atoms with Gasteiger partial charge in [0.1, 0.15) is 5.25 Å². The number of Topliss-reactive ketones (excluding diaryl/α,β-unsaturated/α-hetero) is 2. The summed E-state index contributed by atoms with van der Waals surface area (Å²) in [5, 5.41) is 6.34. The van der Waals surface area contributed by atoms with E-state index in [1.165, 1.54) is 24.3 Å². The number of aliphatic hydroxyl groups excluding tert-OH is 1. The molecule has 1 aliphatic heterocycles. The van der Waals surface area contributed by atoms with Gasteiger partial charge in [0.15, 0.2) is 27.9 Å². The Hall–Kier alpha value is -1.46. The molecule has 0 aliphatic carbocycles.